The number of aromatic nitrogens is 4. The number of hydrogen-bond acceptors (Lipinski definition) is 5. The highest BCUT2D eigenvalue weighted by Crippen LogP contribution is 2.69. The molecule has 5 nitrogen and oxygen atoms in total. The van der Waals surface area contributed by atoms with E-state index in [9.17, 15) is 5.26 Å². The second-order valence-electron chi connectivity index (χ2n) is 15.4. The maximum atomic E-state index is 10.8. The van der Waals surface area contributed by atoms with Gasteiger partial charge in [-0.2, -0.15) is 5.26 Å². The van der Waals surface area contributed by atoms with E-state index in [0.29, 0.717) is 34.9 Å². The third kappa shape index (κ3) is 4.27. The van der Waals surface area contributed by atoms with Crippen LogP contribution in [0.1, 0.15) is 48.8 Å². The first-order chi connectivity index (χ1) is 25.7. The van der Waals surface area contributed by atoms with Gasteiger partial charge >= 0.3 is 0 Å². The Labute approximate surface area is 303 Å². The summed E-state index contributed by atoms with van der Waals surface area (Å²) < 4.78 is 0. The Hall–Kier alpha value is -5.99. The molecule has 0 radical (unpaired) electrons. The van der Waals surface area contributed by atoms with E-state index in [1.165, 1.54) is 54.2 Å². The second kappa shape index (κ2) is 11.3. The third-order valence-electron chi connectivity index (χ3n) is 12.8. The first kappa shape index (κ1) is 29.7. The maximum absolute atomic E-state index is 10.8. The summed E-state index contributed by atoms with van der Waals surface area (Å²) in [5, 5.41) is 13.1. The minimum absolute atomic E-state index is 0.134. The Morgan fingerprint density at radius 2 is 1.21 bits per heavy atom. The van der Waals surface area contributed by atoms with Gasteiger partial charge in [0.05, 0.1) is 11.6 Å². The Balaban J connectivity index is 1.16. The molecule has 0 amide bonds. The molecule has 5 aliphatic rings. The van der Waals surface area contributed by atoms with Crippen LogP contribution >= 0.6 is 0 Å². The Kier molecular flexibility index (Phi) is 6.43. The minimum atomic E-state index is -0.134. The van der Waals surface area contributed by atoms with Crippen LogP contribution in [0.25, 0.3) is 67.2 Å². The molecule has 248 valence electrons. The van der Waals surface area contributed by atoms with Gasteiger partial charge in [-0.1, -0.05) is 91.0 Å². The van der Waals surface area contributed by atoms with Crippen molar-refractivity contribution in [1.29, 1.82) is 5.26 Å². The van der Waals surface area contributed by atoms with E-state index < -0.39 is 0 Å². The summed E-state index contributed by atoms with van der Waals surface area (Å²) in [6, 6.07) is 42.7. The van der Waals surface area contributed by atoms with Crippen molar-refractivity contribution in [2.45, 2.75) is 37.5 Å². The number of hydrogen-bond donors (Lipinski definition) is 0. The lowest BCUT2D eigenvalue weighted by Gasteiger charge is -2.61. The fraction of sp³-hybridized carbons (Fsp3) is 0.213. The van der Waals surface area contributed by atoms with Crippen molar-refractivity contribution in [2.75, 3.05) is 0 Å². The molecule has 2 heterocycles. The maximum Gasteiger partial charge on any atom is 0.164 e. The zero-order valence-corrected chi connectivity index (χ0v) is 28.7. The third-order valence-corrected chi connectivity index (χ3v) is 12.8. The molecular formula is C47H35N5. The van der Waals surface area contributed by atoms with Crippen molar-refractivity contribution in [3.63, 3.8) is 0 Å². The summed E-state index contributed by atoms with van der Waals surface area (Å²) in [4.78, 5) is 20.4. The molecule has 52 heavy (non-hydrogen) atoms. The lowest BCUT2D eigenvalue weighted by atomic mass is 9.43. The molecule has 5 aromatic carbocycles. The highest BCUT2D eigenvalue weighted by molar-refractivity contribution is 5.90. The summed E-state index contributed by atoms with van der Waals surface area (Å²) in [5.74, 6) is 4.55. The van der Waals surface area contributed by atoms with Gasteiger partial charge < -0.3 is 0 Å². The first-order valence-electron chi connectivity index (χ1n) is 18.6. The van der Waals surface area contributed by atoms with E-state index in [-0.39, 0.29) is 5.41 Å². The molecule has 0 aliphatic heterocycles. The van der Waals surface area contributed by atoms with Gasteiger partial charge in [-0.05, 0) is 119 Å². The van der Waals surface area contributed by atoms with Gasteiger partial charge in [-0.3, -0.25) is 4.98 Å². The number of rotatable bonds is 4. The van der Waals surface area contributed by atoms with Gasteiger partial charge in [-0.25, -0.2) is 15.0 Å². The normalized spacial score (nSPS) is 23.4. The number of nitriles is 1. The summed E-state index contributed by atoms with van der Waals surface area (Å²) in [5.41, 5.74) is 10.4. The fourth-order valence-electron chi connectivity index (χ4n) is 11.0. The SMILES string of the molecule is N#Cc1cc(-c2nc(-c3ccc4ccccc4c3)nc(-c3ccccc3-c3ccccc3)n2)cc2c1-c1ccncc1C21C2CC3CC(C2)CC1C3. The molecule has 0 unspecified atom stereocenters. The molecule has 4 saturated carbocycles. The average molecular weight is 670 g/mol. The lowest BCUT2D eigenvalue weighted by Crippen LogP contribution is -2.55. The molecule has 0 saturated heterocycles. The van der Waals surface area contributed by atoms with Crippen LogP contribution < -0.4 is 0 Å². The smallest absolute Gasteiger partial charge is 0.164 e. The monoisotopic (exact) mass is 669 g/mol. The molecular weight excluding hydrogens is 635 g/mol. The zero-order valence-electron chi connectivity index (χ0n) is 28.7. The summed E-state index contributed by atoms with van der Waals surface area (Å²) in [7, 11) is 0. The van der Waals surface area contributed by atoms with Crippen LogP contribution in [0.2, 0.25) is 0 Å². The number of pyridine rings is 1. The largest absolute Gasteiger partial charge is 0.264 e. The molecule has 5 aliphatic carbocycles. The van der Waals surface area contributed by atoms with Crippen LogP contribution in [-0.2, 0) is 5.41 Å². The van der Waals surface area contributed by atoms with Crippen molar-refractivity contribution in [3.05, 3.63) is 144 Å². The van der Waals surface area contributed by atoms with Crippen molar-refractivity contribution in [1.82, 2.24) is 19.9 Å². The van der Waals surface area contributed by atoms with Crippen LogP contribution in [0, 0.1) is 35.0 Å². The number of nitrogens with zero attached hydrogens (tertiary/aromatic N) is 5. The highest BCUT2D eigenvalue weighted by atomic mass is 15.0. The van der Waals surface area contributed by atoms with E-state index in [0.717, 1.165) is 50.6 Å². The van der Waals surface area contributed by atoms with Gasteiger partial charge in [0.15, 0.2) is 17.5 Å². The Morgan fingerprint density at radius 3 is 1.98 bits per heavy atom. The average Bonchev–Trinajstić information content (AvgIpc) is 3.50. The predicted molar refractivity (Wildman–Crippen MR) is 205 cm³/mol. The van der Waals surface area contributed by atoms with Gasteiger partial charge in [-0.15, -0.1) is 0 Å². The number of fused-ring (bicyclic) bond motifs is 4. The van der Waals surface area contributed by atoms with Crippen molar-refractivity contribution < 1.29 is 0 Å². The highest BCUT2D eigenvalue weighted by Gasteiger charge is 2.62. The van der Waals surface area contributed by atoms with E-state index >= 15 is 0 Å². The van der Waals surface area contributed by atoms with Crippen LogP contribution in [0.3, 0.4) is 0 Å². The van der Waals surface area contributed by atoms with Crippen LogP contribution in [0.4, 0.5) is 0 Å². The van der Waals surface area contributed by atoms with Gasteiger partial charge in [0.1, 0.15) is 0 Å². The molecule has 7 aromatic rings. The van der Waals surface area contributed by atoms with Crippen LogP contribution in [-0.4, -0.2) is 19.9 Å². The van der Waals surface area contributed by atoms with Crippen molar-refractivity contribution in [3.8, 4) is 62.5 Å². The summed E-state index contributed by atoms with van der Waals surface area (Å²) in [6.45, 7) is 0. The Morgan fingerprint density at radius 1 is 0.538 bits per heavy atom. The molecule has 0 N–H and O–H groups in total. The Bertz CT molecular complexity index is 2590. The van der Waals surface area contributed by atoms with E-state index in [1.807, 2.05) is 24.4 Å². The molecule has 4 fully saturated rings. The quantitative estimate of drug-likeness (QED) is 0.186. The van der Waals surface area contributed by atoms with Gasteiger partial charge in [0, 0.05) is 40.1 Å². The standard InChI is InChI=1S/C47H35N5/c48-26-35-24-34(25-41-43(35)40-16-17-49-27-42(40)47(41)36-19-28-18-29(21-36)22-37(47)20-28)45-50-44(33-15-14-30-8-4-5-11-32(30)23-33)51-46(52-45)39-13-7-6-12-38(39)31-9-2-1-3-10-31/h1-17,23-25,27-29,36-37H,18-22H2. The zero-order chi connectivity index (χ0) is 34.4. The lowest BCUT2D eigenvalue weighted by molar-refractivity contribution is -0.0400. The molecule has 5 heteroatoms. The fourth-order valence-corrected chi connectivity index (χ4v) is 11.0. The minimum Gasteiger partial charge on any atom is -0.264 e. The molecule has 2 aromatic heterocycles. The van der Waals surface area contributed by atoms with Gasteiger partial charge in [0.2, 0.25) is 0 Å². The summed E-state index contributed by atoms with van der Waals surface area (Å²) >= 11 is 0. The first-order valence-corrected chi connectivity index (χ1v) is 18.6. The van der Waals surface area contributed by atoms with E-state index in [1.54, 1.807) is 0 Å². The van der Waals surface area contributed by atoms with E-state index in [4.69, 9.17) is 19.9 Å². The predicted octanol–water partition coefficient (Wildman–Crippen LogP) is 10.7. The van der Waals surface area contributed by atoms with Crippen LogP contribution in [0.5, 0.6) is 0 Å². The molecule has 0 atom stereocenters. The van der Waals surface area contributed by atoms with Crippen LogP contribution in [0.15, 0.2) is 128 Å². The summed E-state index contributed by atoms with van der Waals surface area (Å²) in [6.07, 6.45) is 10.4. The number of benzene rings is 5. The molecule has 4 bridgehead atoms. The molecule has 12 rings (SSSR count). The van der Waals surface area contributed by atoms with Crippen molar-refractivity contribution in [2.24, 2.45) is 23.7 Å². The van der Waals surface area contributed by atoms with Gasteiger partial charge in [0.25, 0.3) is 0 Å². The molecule has 1 spiro atoms. The van der Waals surface area contributed by atoms with Crippen molar-refractivity contribution >= 4 is 10.8 Å². The topological polar surface area (TPSA) is 75.3 Å². The van der Waals surface area contributed by atoms with E-state index in [2.05, 4.69) is 109 Å². The second-order valence-corrected chi connectivity index (χ2v) is 15.4.